The Hall–Kier alpha value is -3.91. The summed E-state index contributed by atoms with van der Waals surface area (Å²) in [5.74, 6) is -2.04. The van der Waals surface area contributed by atoms with Crippen LogP contribution in [0.3, 0.4) is 0 Å². The average molecular weight is 516 g/mol. The van der Waals surface area contributed by atoms with Crippen LogP contribution in [0.1, 0.15) is 5.69 Å². The lowest BCUT2D eigenvalue weighted by molar-refractivity contribution is -0.663. The number of amides is 2. The number of nitrogens with two attached hydrogens (primary N) is 1. The number of carboxylic acid groups (broad SMARTS) is 1. The van der Waals surface area contributed by atoms with E-state index in [0.717, 1.165) is 16.9 Å². The molecule has 0 aromatic carbocycles. The van der Waals surface area contributed by atoms with Gasteiger partial charge in [0.2, 0.25) is 0 Å². The molecule has 0 aliphatic carbocycles. The molecule has 2 atom stereocenters. The molecule has 35 heavy (non-hydrogen) atoms. The van der Waals surface area contributed by atoms with E-state index < -0.39 is 29.2 Å². The van der Waals surface area contributed by atoms with E-state index in [2.05, 4.69) is 15.5 Å². The third-order valence-electron chi connectivity index (χ3n) is 5.56. The number of furan rings is 1. The number of hydrogen-bond acceptors (Lipinski definition) is 10. The molecular formula is C21H19N6O6S2+. The normalized spacial score (nSPS) is 20.0. The minimum absolute atomic E-state index is 0.0738. The Kier molecular flexibility index (Phi) is 5.90. The Balaban J connectivity index is 1.38. The molecule has 0 spiro atoms. The first kappa shape index (κ1) is 22.9. The fourth-order valence-electron chi connectivity index (χ4n) is 4.04. The molecule has 0 bridgehead atoms. The number of oxime groups is 1. The van der Waals surface area contributed by atoms with Crippen LogP contribution < -0.4 is 15.6 Å². The van der Waals surface area contributed by atoms with Gasteiger partial charge in [0.1, 0.15) is 29.9 Å². The summed E-state index contributed by atoms with van der Waals surface area (Å²) in [6.07, 6.45) is 3.39. The third kappa shape index (κ3) is 4.00. The lowest BCUT2D eigenvalue weighted by atomic mass is 10.0. The van der Waals surface area contributed by atoms with Gasteiger partial charge in [-0.25, -0.2) is 9.78 Å². The molecule has 4 N–H and O–H groups in total. The van der Waals surface area contributed by atoms with E-state index in [9.17, 15) is 19.5 Å². The van der Waals surface area contributed by atoms with Crippen molar-refractivity contribution >= 4 is 62.8 Å². The van der Waals surface area contributed by atoms with Gasteiger partial charge < -0.3 is 25.4 Å². The third-order valence-corrected chi connectivity index (χ3v) is 7.57. The Bertz CT molecular complexity index is 1410. The number of aliphatic carboxylic acids is 1. The maximum atomic E-state index is 13.0. The van der Waals surface area contributed by atoms with Crippen LogP contribution in [0, 0.1) is 0 Å². The Morgan fingerprint density at radius 1 is 1.46 bits per heavy atom. The molecule has 0 radical (unpaired) electrons. The quantitative estimate of drug-likeness (QED) is 0.176. The van der Waals surface area contributed by atoms with Crippen molar-refractivity contribution in [2.24, 2.45) is 5.16 Å². The maximum absolute atomic E-state index is 13.0. The molecule has 0 unspecified atom stereocenters. The van der Waals surface area contributed by atoms with Crippen molar-refractivity contribution in [1.29, 1.82) is 0 Å². The molecular weight excluding hydrogens is 496 g/mol. The first-order valence-corrected chi connectivity index (χ1v) is 12.2. The molecule has 1 fully saturated rings. The van der Waals surface area contributed by atoms with Gasteiger partial charge in [-0.3, -0.25) is 14.5 Å². The number of carbonyl (C=O) groups is 3. The predicted octanol–water partition coefficient (Wildman–Crippen LogP) is 0.548. The van der Waals surface area contributed by atoms with Gasteiger partial charge in [0.05, 0.1) is 6.26 Å². The first-order valence-electron chi connectivity index (χ1n) is 10.3. The second kappa shape index (κ2) is 9.03. The molecule has 2 aliphatic rings. The molecule has 12 nitrogen and oxygen atoms in total. The fourth-order valence-corrected chi connectivity index (χ4v) is 5.92. The zero-order chi connectivity index (χ0) is 24.7. The van der Waals surface area contributed by atoms with Crippen LogP contribution in [0.25, 0.3) is 11.1 Å². The van der Waals surface area contributed by atoms with Gasteiger partial charge in [-0.15, -0.1) is 23.1 Å². The van der Waals surface area contributed by atoms with E-state index in [1.165, 1.54) is 23.8 Å². The monoisotopic (exact) mass is 515 g/mol. The first-order chi connectivity index (χ1) is 16.9. The number of carboxylic acids is 1. The number of nitrogens with zero attached hydrogens (tertiary/aromatic N) is 4. The van der Waals surface area contributed by atoms with E-state index in [1.54, 1.807) is 23.8 Å². The number of pyridine rings is 1. The summed E-state index contributed by atoms with van der Waals surface area (Å²) in [6.45, 7) is 0.273. The van der Waals surface area contributed by atoms with Gasteiger partial charge in [0, 0.05) is 28.8 Å². The second-order valence-electron chi connectivity index (χ2n) is 7.62. The maximum Gasteiger partial charge on any atom is 0.352 e. The van der Waals surface area contributed by atoms with E-state index in [0.29, 0.717) is 16.9 Å². The number of β-lactam (4-membered cyclic amide) rings is 1. The number of anilines is 1. The lowest BCUT2D eigenvalue weighted by Gasteiger charge is -2.49. The molecule has 5 heterocycles. The summed E-state index contributed by atoms with van der Waals surface area (Å²) in [7, 11) is 1.28. The van der Waals surface area contributed by atoms with Crippen LogP contribution >= 0.6 is 23.1 Å². The molecule has 1 saturated heterocycles. The molecule has 3 aromatic rings. The number of thiazole rings is 1. The fraction of sp³-hybridized carbons (Fsp3) is 0.238. The number of thioether (sulfide) groups is 1. The minimum atomic E-state index is -1.21. The van der Waals surface area contributed by atoms with Crippen LogP contribution in [0.2, 0.25) is 0 Å². The van der Waals surface area contributed by atoms with Crippen molar-refractivity contribution < 1.29 is 33.3 Å². The molecule has 5 rings (SSSR count). The molecule has 0 saturated carbocycles. The van der Waals surface area contributed by atoms with Crippen molar-refractivity contribution in [2.45, 2.75) is 18.0 Å². The second-order valence-corrected chi connectivity index (χ2v) is 9.61. The van der Waals surface area contributed by atoms with Gasteiger partial charge in [-0.2, -0.15) is 4.57 Å². The highest BCUT2D eigenvalue weighted by molar-refractivity contribution is 8.00. The number of fused-ring (bicyclic) bond motifs is 2. The van der Waals surface area contributed by atoms with Gasteiger partial charge in [-0.05, 0) is 6.07 Å². The number of nitrogens with one attached hydrogen (secondary N) is 1. The standard InChI is InChI=1S/C21H18N6O6S2/c1-32-25-14(11-9-35-21(22)23-11)17(28)24-15-18(29)27-16(20(30)31)10(8-34-19(15)27)7-26-5-2-3-13-12(26)4-6-33-13/h2-6,9,15,19H,7-8H2,1H3,(H3-,22,23,24,28,30,31)/p+1/b25-14-/t15-,19-/m1/s1. The Morgan fingerprint density at radius 3 is 3.00 bits per heavy atom. The molecule has 2 amide bonds. The van der Waals surface area contributed by atoms with Gasteiger partial charge in [-0.1, -0.05) is 5.16 Å². The van der Waals surface area contributed by atoms with Gasteiger partial charge in [0.15, 0.2) is 29.2 Å². The SMILES string of the molecule is CO/N=C(\C(=O)N[C@@H]1C(=O)N2C(C(=O)O)=C(C[n+]3cccc4occc43)CS[C@H]12)c1csc(N)n1. The summed E-state index contributed by atoms with van der Waals surface area (Å²) >= 11 is 2.51. The van der Waals surface area contributed by atoms with Crippen LogP contribution in [-0.4, -0.2) is 62.8 Å². The average Bonchev–Trinajstić information content (AvgIpc) is 3.49. The molecule has 2 aliphatic heterocycles. The number of carbonyl (C=O) groups excluding carboxylic acids is 2. The Labute approximate surface area is 206 Å². The molecule has 3 aromatic heterocycles. The zero-order valence-electron chi connectivity index (χ0n) is 18.2. The highest BCUT2D eigenvalue weighted by Crippen LogP contribution is 2.40. The molecule has 180 valence electrons. The molecule has 14 heteroatoms. The van der Waals surface area contributed by atoms with Gasteiger partial charge >= 0.3 is 5.97 Å². The van der Waals surface area contributed by atoms with Crippen molar-refractivity contribution in [2.75, 3.05) is 18.6 Å². The highest BCUT2D eigenvalue weighted by atomic mass is 32.2. The lowest BCUT2D eigenvalue weighted by Crippen LogP contribution is -2.71. The summed E-state index contributed by atoms with van der Waals surface area (Å²) in [5, 5.41) is 17.5. The van der Waals surface area contributed by atoms with E-state index in [-0.39, 0.29) is 28.8 Å². The number of nitrogen functional groups attached to an aromatic ring is 1. The predicted molar refractivity (Wildman–Crippen MR) is 126 cm³/mol. The highest BCUT2D eigenvalue weighted by Gasteiger charge is 2.54. The summed E-state index contributed by atoms with van der Waals surface area (Å²) in [6, 6.07) is 4.49. The van der Waals surface area contributed by atoms with Crippen molar-refractivity contribution in [3.63, 3.8) is 0 Å². The number of hydrogen-bond donors (Lipinski definition) is 3. The summed E-state index contributed by atoms with van der Waals surface area (Å²) < 4.78 is 7.29. The van der Waals surface area contributed by atoms with Crippen LogP contribution in [0.5, 0.6) is 0 Å². The minimum Gasteiger partial charge on any atom is -0.477 e. The van der Waals surface area contributed by atoms with Crippen LogP contribution in [0.4, 0.5) is 5.13 Å². The summed E-state index contributed by atoms with van der Waals surface area (Å²) in [4.78, 5) is 48.1. The van der Waals surface area contributed by atoms with Crippen LogP contribution in [-0.2, 0) is 25.8 Å². The van der Waals surface area contributed by atoms with Crippen LogP contribution in [0.15, 0.2) is 56.9 Å². The zero-order valence-corrected chi connectivity index (χ0v) is 19.8. The van der Waals surface area contributed by atoms with Crippen molar-refractivity contribution in [3.05, 3.63) is 53.0 Å². The van der Waals surface area contributed by atoms with Crippen molar-refractivity contribution in [1.82, 2.24) is 15.2 Å². The summed E-state index contributed by atoms with van der Waals surface area (Å²) in [5.41, 5.74) is 7.71. The van der Waals surface area contributed by atoms with Crippen molar-refractivity contribution in [3.8, 4) is 0 Å². The largest absolute Gasteiger partial charge is 0.477 e. The Morgan fingerprint density at radius 2 is 2.29 bits per heavy atom. The van der Waals surface area contributed by atoms with E-state index >= 15 is 0 Å². The van der Waals surface area contributed by atoms with E-state index in [4.69, 9.17) is 15.0 Å². The topological polar surface area (TPSA) is 164 Å². The van der Waals surface area contributed by atoms with E-state index in [1.807, 2.05) is 16.8 Å². The number of rotatable bonds is 7. The van der Waals surface area contributed by atoms with Gasteiger partial charge in [0.25, 0.3) is 17.3 Å². The number of aromatic nitrogens is 2. The smallest absolute Gasteiger partial charge is 0.352 e.